The van der Waals surface area contributed by atoms with Crippen molar-refractivity contribution in [3.63, 3.8) is 0 Å². The second kappa shape index (κ2) is 22.4. The van der Waals surface area contributed by atoms with Crippen molar-refractivity contribution in [1.29, 1.82) is 0 Å². The van der Waals surface area contributed by atoms with Gasteiger partial charge in [0.1, 0.15) is 36.3 Å². The van der Waals surface area contributed by atoms with Crippen molar-refractivity contribution in [2.75, 3.05) is 48.8 Å². The molecular weight excluding hydrogens is 1020 g/mol. The monoisotopic (exact) mass is 1060 g/mol. The van der Waals surface area contributed by atoms with Crippen LogP contribution in [0, 0.1) is 5.41 Å². The van der Waals surface area contributed by atoms with Crippen molar-refractivity contribution >= 4 is 91.9 Å². The highest BCUT2D eigenvalue weighted by Gasteiger charge is 2.50. The van der Waals surface area contributed by atoms with Crippen molar-refractivity contribution in [3.05, 3.63) is 64.7 Å². The molecule has 4 aromatic heterocycles. The molecule has 70 heavy (non-hydrogen) atoms. The topological polar surface area (TPSA) is 473 Å². The summed E-state index contributed by atoms with van der Waals surface area (Å²) in [5.74, 6) is -1.42. The Kier molecular flexibility index (Phi) is 17.2. The minimum absolute atomic E-state index is 0.0181. The number of fused-ring (bicyclic) bond motifs is 2. The second-order valence-corrected chi connectivity index (χ2v) is 20.9. The van der Waals surface area contributed by atoms with E-state index in [1.165, 1.54) is 20.0 Å². The maximum atomic E-state index is 12.8. The molecular formula is C35H46N13O18P3S. The second-order valence-electron chi connectivity index (χ2n) is 15.6. The molecule has 7 atom stereocenters. The number of nitrogens with one attached hydrogen (secondary N) is 4. The number of nitrogens with zero attached hydrogens (tertiary/aromatic N) is 7. The first kappa shape index (κ1) is 53.9. The highest BCUT2D eigenvalue weighted by molar-refractivity contribution is 8.14. The van der Waals surface area contributed by atoms with Gasteiger partial charge in [0, 0.05) is 41.9 Å². The molecule has 1 aliphatic rings. The minimum atomic E-state index is -5.61. The number of ether oxygens (including phenoxy) is 1. The third-order valence-corrected chi connectivity index (χ3v) is 13.8. The molecule has 0 spiro atoms. The molecule has 0 bridgehead atoms. The number of aromatic amines is 1. The molecule has 380 valence electrons. The average Bonchev–Trinajstić information content (AvgIpc) is 3.85. The summed E-state index contributed by atoms with van der Waals surface area (Å²) in [6.07, 6.45) is -5.66. The summed E-state index contributed by atoms with van der Waals surface area (Å²) in [6, 6.07) is 6.57. The van der Waals surface area contributed by atoms with E-state index in [2.05, 4.69) is 59.7 Å². The molecule has 14 N–H and O–H groups in total. The fourth-order valence-electron chi connectivity index (χ4n) is 6.33. The van der Waals surface area contributed by atoms with Gasteiger partial charge in [0.2, 0.25) is 22.9 Å². The SMILES string of the molecule is CC(C)(COP(=O)(O)OP(=O)(O)OCC1OC(n2cnc3c(N)ncnc32)C(O)C1OP(=O)(O)O)C(O)C(=O)NCCC(=O)NCCSC(=O)c1ccc(NCc2cnc3nc(N)[nH]c(=O)c3n2)cc1. The number of H-pyrrole nitrogens is 1. The van der Waals surface area contributed by atoms with Crippen molar-refractivity contribution in [1.82, 2.24) is 50.1 Å². The van der Waals surface area contributed by atoms with Crippen molar-refractivity contribution in [2.24, 2.45) is 5.41 Å². The van der Waals surface area contributed by atoms with Gasteiger partial charge in [0.25, 0.3) is 5.56 Å². The van der Waals surface area contributed by atoms with E-state index in [0.717, 1.165) is 29.0 Å². The van der Waals surface area contributed by atoms with E-state index < -0.39 is 90.1 Å². The number of carbonyl (C=O) groups excluding carboxylic acids is 3. The van der Waals surface area contributed by atoms with E-state index in [0.29, 0.717) is 16.9 Å². The molecule has 6 rings (SSSR count). The summed E-state index contributed by atoms with van der Waals surface area (Å²) in [6.45, 7) is 0.467. The zero-order valence-corrected chi connectivity index (χ0v) is 40.0. The number of hydrogen-bond donors (Lipinski definition) is 12. The lowest BCUT2D eigenvalue weighted by Gasteiger charge is -2.30. The van der Waals surface area contributed by atoms with Crippen LogP contribution in [0.25, 0.3) is 22.3 Å². The van der Waals surface area contributed by atoms with Crippen LogP contribution in [0.3, 0.4) is 0 Å². The number of anilines is 3. The molecule has 2 amide bonds. The number of aliphatic hydroxyl groups is 2. The Balaban J connectivity index is 0.879. The predicted molar refractivity (Wildman–Crippen MR) is 243 cm³/mol. The van der Waals surface area contributed by atoms with E-state index in [1.54, 1.807) is 24.3 Å². The van der Waals surface area contributed by atoms with Crippen molar-refractivity contribution < 1.29 is 80.5 Å². The fraction of sp³-hybridized carbons (Fsp3) is 0.429. The minimum Gasteiger partial charge on any atom is -0.386 e. The van der Waals surface area contributed by atoms with Crippen LogP contribution in [0.15, 0.2) is 47.9 Å². The van der Waals surface area contributed by atoms with E-state index in [4.69, 9.17) is 25.3 Å². The van der Waals surface area contributed by atoms with Crippen LogP contribution in [-0.2, 0) is 52.4 Å². The number of imidazole rings is 1. The highest BCUT2D eigenvalue weighted by Crippen LogP contribution is 2.61. The number of phosphoric acid groups is 3. The number of benzene rings is 1. The summed E-state index contributed by atoms with van der Waals surface area (Å²) in [5.41, 5.74) is 10.9. The Morgan fingerprint density at radius 1 is 0.971 bits per heavy atom. The number of amides is 2. The van der Waals surface area contributed by atoms with Gasteiger partial charge >= 0.3 is 23.5 Å². The van der Waals surface area contributed by atoms with Crippen LogP contribution in [0.5, 0.6) is 0 Å². The predicted octanol–water partition coefficient (Wildman–Crippen LogP) is -0.801. The van der Waals surface area contributed by atoms with Gasteiger partial charge in [-0.15, -0.1) is 0 Å². The number of rotatable bonds is 23. The van der Waals surface area contributed by atoms with Gasteiger partial charge < -0.3 is 61.9 Å². The van der Waals surface area contributed by atoms with Crippen LogP contribution >= 0.6 is 35.2 Å². The van der Waals surface area contributed by atoms with E-state index in [9.17, 15) is 62.7 Å². The molecule has 31 nitrogen and oxygen atoms in total. The summed E-state index contributed by atoms with van der Waals surface area (Å²) in [4.78, 5) is 116. The highest BCUT2D eigenvalue weighted by atomic mass is 32.2. The number of thioether (sulfide) groups is 1. The molecule has 5 aromatic rings. The number of nitrogens with two attached hydrogens (primary N) is 2. The summed E-state index contributed by atoms with van der Waals surface area (Å²) >= 11 is 0.957. The Morgan fingerprint density at radius 3 is 2.40 bits per heavy atom. The lowest BCUT2D eigenvalue weighted by atomic mass is 9.87. The normalized spacial score (nSPS) is 19.6. The van der Waals surface area contributed by atoms with Gasteiger partial charge in [-0.25, -0.2) is 38.6 Å². The summed E-state index contributed by atoms with van der Waals surface area (Å²) in [5, 5.41) is 29.4. The van der Waals surface area contributed by atoms with Gasteiger partial charge in [-0.1, -0.05) is 25.6 Å². The molecule has 1 saturated heterocycles. The van der Waals surface area contributed by atoms with Gasteiger partial charge in [-0.05, 0) is 24.3 Å². The molecule has 1 aromatic carbocycles. The fourth-order valence-corrected chi connectivity index (χ4v) is 9.85. The third kappa shape index (κ3) is 14.4. The maximum Gasteiger partial charge on any atom is 0.481 e. The Morgan fingerprint density at radius 2 is 1.69 bits per heavy atom. The number of hydrogen-bond acceptors (Lipinski definition) is 24. The van der Waals surface area contributed by atoms with E-state index >= 15 is 0 Å². The zero-order chi connectivity index (χ0) is 51.2. The molecule has 35 heteroatoms. The van der Waals surface area contributed by atoms with Gasteiger partial charge in [0.15, 0.2) is 28.9 Å². The molecule has 7 unspecified atom stereocenters. The first-order valence-electron chi connectivity index (χ1n) is 20.2. The Labute approximate surface area is 398 Å². The van der Waals surface area contributed by atoms with Crippen molar-refractivity contribution in [2.45, 2.75) is 57.5 Å². The van der Waals surface area contributed by atoms with Gasteiger partial charge in [0.05, 0.1) is 38.0 Å². The van der Waals surface area contributed by atoms with Crippen LogP contribution < -0.4 is 33.0 Å². The molecule has 1 fully saturated rings. The number of aromatic nitrogens is 8. The van der Waals surface area contributed by atoms with Crippen molar-refractivity contribution in [3.8, 4) is 0 Å². The average molecular weight is 1060 g/mol. The Hall–Kier alpha value is -5.40. The van der Waals surface area contributed by atoms with Crippen LogP contribution in [0.2, 0.25) is 0 Å². The third-order valence-electron chi connectivity index (χ3n) is 9.82. The summed E-state index contributed by atoms with van der Waals surface area (Å²) < 4.78 is 62.4. The summed E-state index contributed by atoms with van der Waals surface area (Å²) in [7, 11) is -16.5. The number of carbonyl (C=O) groups is 3. The lowest BCUT2D eigenvalue weighted by Crippen LogP contribution is -2.46. The maximum absolute atomic E-state index is 12.8. The number of aliphatic hydroxyl groups excluding tert-OH is 2. The lowest BCUT2D eigenvalue weighted by molar-refractivity contribution is -0.137. The van der Waals surface area contributed by atoms with Gasteiger partial charge in [-0.2, -0.15) is 9.29 Å². The molecule has 0 saturated carbocycles. The van der Waals surface area contributed by atoms with Crippen LogP contribution in [-0.4, -0.2) is 143 Å². The number of phosphoric ester groups is 3. The largest absolute Gasteiger partial charge is 0.481 e. The smallest absolute Gasteiger partial charge is 0.386 e. The number of nitrogen functional groups attached to an aromatic ring is 2. The molecule has 0 radical (unpaired) electrons. The first-order chi connectivity index (χ1) is 32.8. The molecule has 5 heterocycles. The molecule has 1 aliphatic heterocycles. The van der Waals surface area contributed by atoms with Crippen LogP contribution in [0.4, 0.5) is 17.5 Å². The standard InChI is InChI=1S/C35H46N13O18P3S/c1-35(2,14-63-69(60,61)66-68(58,59)62-13-20-25(65-67(55,56)57)24(50)32(64-20)48-16-44-22-27(36)42-15-43-29(22)48)26(51)31(53)39-8-7-21(49)38-9-10-70-33(54)17-3-5-18(6-4-17)40-11-19-12-41-28-23(45-19)30(52)47-34(37)46-28/h3-6,12,15-16,20,24-26,32,40,50-51H,7-11,13-14H2,1-2H3,(H,38,49)(H,39,53)(H,58,59)(H,60,61)(H2,36,42,43)(H2,55,56,57)(H3,37,41,46,47,52). The quantitative estimate of drug-likeness (QED) is 0.0281. The van der Waals surface area contributed by atoms with E-state index in [1.807, 2.05) is 0 Å². The Bertz CT molecular complexity index is 2930. The molecule has 0 aliphatic carbocycles. The zero-order valence-electron chi connectivity index (χ0n) is 36.5. The van der Waals surface area contributed by atoms with Crippen LogP contribution in [0.1, 0.15) is 42.5 Å². The van der Waals surface area contributed by atoms with Gasteiger partial charge in [-0.3, -0.25) is 42.3 Å². The first-order valence-corrected chi connectivity index (χ1v) is 25.7. The van der Waals surface area contributed by atoms with E-state index in [-0.39, 0.29) is 71.0 Å².